The lowest BCUT2D eigenvalue weighted by atomic mass is 9.98. The zero-order valence-corrected chi connectivity index (χ0v) is 10.2. The maximum absolute atomic E-state index is 3.70. The summed E-state index contributed by atoms with van der Waals surface area (Å²) in [4.78, 5) is 2.67. The van der Waals surface area contributed by atoms with E-state index in [0.717, 1.165) is 12.0 Å². The summed E-state index contributed by atoms with van der Waals surface area (Å²) < 4.78 is 0. The van der Waals surface area contributed by atoms with Crippen LogP contribution in [0, 0.1) is 5.92 Å². The Morgan fingerprint density at radius 3 is 2.67 bits per heavy atom. The van der Waals surface area contributed by atoms with Crippen LogP contribution in [-0.4, -0.2) is 37.1 Å². The second-order valence-corrected chi connectivity index (χ2v) is 5.48. The molecule has 0 radical (unpaired) electrons. The second-order valence-electron chi connectivity index (χ2n) is 5.48. The molecule has 0 saturated carbocycles. The molecule has 2 aliphatic heterocycles. The number of piperidine rings is 1. The summed E-state index contributed by atoms with van der Waals surface area (Å²) in [6.45, 7) is 7.60. The highest BCUT2D eigenvalue weighted by Crippen LogP contribution is 2.17. The summed E-state index contributed by atoms with van der Waals surface area (Å²) in [6.07, 6.45) is 8.46. The summed E-state index contributed by atoms with van der Waals surface area (Å²) in [6, 6.07) is 0.779. The molecule has 2 heterocycles. The maximum atomic E-state index is 3.70. The smallest absolute Gasteiger partial charge is 0.0195 e. The van der Waals surface area contributed by atoms with E-state index in [2.05, 4.69) is 17.1 Å². The fourth-order valence-electron chi connectivity index (χ4n) is 2.81. The van der Waals surface area contributed by atoms with E-state index in [4.69, 9.17) is 0 Å². The Kier molecular flexibility index (Phi) is 4.45. The first-order valence-corrected chi connectivity index (χ1v) is 6.80. The SMILES string of the molecule is CC1CCN(C[C@H]2CCCCCN2)CC1. The van der Waals surface area contributed by atoms with E-state index in [1.165, 1.54) is 64.7 Å². The van der Waals surface area contributed by atoms with E-state index in [9.17, 15) is 0 Å². The standard InChI is InChI=1S/C13H26N2/c1-12-6-9-15(10-7-12)11-13-5-3-2-4-8-14-13/h12-14H,2-11H2,1H3/t13-/m1/s1. The molecule has 88 valence electrons. The van der Waals surface area contributed by atoms with Crippen molar-refractivity contribution in [2.24, 2.45) is 5.92 Å². The minimum Gasteiger partial charge on any atom is -0.313 e. The van der Waals surface area contributed by atoms with Crippen molar-refractivity contribution in [2.75, 3.05) is 26.2 Å². The van der Waals surface area contributed by atoms with Gasteiger partial charge in [-0.05, 0) is 51.2 Å². The van der Waals surface area contributed by atoms with Crippen LogP contribution in [0.5, 0.6) is 0 Å². The summed E-state index contributed by atoms with van der Waals surface area (Å²) in [7, 11) is 0. The first-order valence-electron chi connectivity index (χ1n) is 6.80. The molecule has 2 heteroatoms. The van der Waals surface area contributed by atoms with Crippen molar-refractivity contribution < 1.29 is 0 Å². The molecule has 0 aromatic heterocycles. The Bertz CT molecular complexity index is 165. The van der Waals surface area contributed by atoms with Gasteiger partial charge in [0.15, 0.2) is 0 Å². The maximum Gasteiger partial charge on any atom is 0.0195 e. The Balaban J connectivity index is 1.70. The zero-order chi connectivity index (χ0) is 10.5. The lowest BCUT2D eigenvalue weighted by Gasteiger charge is -2.33. The van der Waals surface area contributed by atoms with Gasteiger partial charge in [0.25, 0.3) is 0 Å². The van der Waals surface area contributed by atoms with Crippen molar-refractivity contribution in [1.29, 1.82) is 0 Å². The predicted octanol–water partition coefficient (Wildman–Crippen LogP) is 2.25. The van der Waals surface area contributed by atoms with Crippen molar-refractivity contribution in [3.8, 4) is 0 Å². The van der Waals surface area contributed by atoms with E-state index >= 15 is 0 Å². The van der Waals surface area contributed by atoms with E-state index in [1.54, 1.807) is 0 Å². The van der Waals surface area contributed by atoms with Crippen molar-refractivity contribution >= 4 is 0 Å². The number of rotatable bonds is 2. The highest BCUT2D eigenvalue weighted by Gasteiger charge is 2.19. The van der Waals surface area contributed by atoms with Gasteiger partial charge in [-0.2, -0.15) is 0 Å². The Labute approximate surface area is 94.4 Å². The van der Waals surface area contributed by atoms with Gasteiger partial charge in [-0.25, -0.2) is 0 Å². The summed E-state index contributed by atoms with van der Waals surface area (Å²) >= 11 is 0. The molecule has 1 atom stereocenters. The van der Waals surface area contributed by atoms with Crippen molar-refractivity contribution in [3.63, 3.8) is 0 Å². The second kappa shape index (κ2) is 5.86. The molecule has 2 fully saturated rings. The normalized spacial score (nSPS) is 31.4. The van der Waals surface area contributed by atoms with Crippen molar-refractivity contribution in [3.05, 3.63) is 0 Å². The predicted molar refractivity (Wildman–Crippen MR) is 65.1 cm³/mol. The van der Waals surface area contributed by atoms with E-state index in [0.29, 0.717) is 0 Å². The van der Waals surface area contributed by atoms with Crippen LogP contribution >= 0.6 is 0 Å². The third-order valence-electron chi connectivity index (χ3n) is 4.02. The molecular formula is C13H26N2. The molecule has 2 aliphatic rings. The van der Waals surface area contributed by atoms with Crippen LogP contribution in [0.3, 0.4) is 0 Å². The topological polar surface area (TPSA) is 15.3 Å². The zero-order valence-electron chi connectivity index (χ0n) is 10.2. The van der Waals surface area contributed by atoms with Gasteiger partial charge in [-0.15, -0.1) is 0 Å². The molecule has 0 spiro atoms. The number of nitrogens with one attached hydrogen (secondary N) is 1. The monoisotopic (exact) mass is 210 g/mol. The number of hydrogen-bond acceptors (Lipinski definition) is 2. The minimum atomic E-state index is 0.779. The largest absolute Gasteiger partial charge is 0.313 e. The molecule has 0 amide bonds. The molecule has 0 aromatic carbocycles. The van der Waals surface area contributed by atoms with Crippen LogP contribution in [0.15, 0.2) is 0 Å². The molecule has 0 aliphatic carbocycles. The molecule has 2 rings (SSSR count). The van der Waals surface area contributed by atoms with Crippen LogP contribution in [0.2, 0.25) is 0 Å². The average molecular weight is 210 g/mol. The molecule has 15 heavy (non-hydrogen) atoms. The third kappa shape index (κ3) is 3.76. The van der Waals surface area contributed by atoms with Gasteiger partial charge in [0.1, 0.15) is 0 Å². The highest BCUT2D eigenvalue weighted by atomic mass is 15.2. The van der Waals surface area contributed by atoms with Gasteiger partial charge in [-0.3, -0.25) is 0 Å². The van der Waals surface area contributed by atoms with Crippen molar-refractivity contribution in [2.45, 2.75) is 51.5 Å². The molecule has 2 nitrogen and oxygen atoms in total. The van der Waals surface area contributed by atoms with Crippen LogP contribution in [0.1, 0.15) is 45.4 Å². The molecule has 0 bridgehead atoms. The first-order chi connectivity index (χ1) is 7.34. The van der Waals surface area contributed by atoms with Gasteiger partial charge in [0, 0.05) is 12.6 Å². The lowest BCUT2D eigenvalue weighted by molar-refractivity contribution is 0.173. The summed E-state index contributed by atoms with van der Waals surface area (Å²) in [5, 5.41) is 3.70. The quantitative estimate of drug-likeness (QED) is 0.752. The molecule has 1 N–H and O–H groups in total. The van der Waals surface area contributed by atoms with Gasteiger partial charge in [0.05, 0.1) is 0 Å². The summed E-state index contributed by atoms with van der Waals surface area (Å²) in [5.41, 5.74) is 0. The Morgan fingerprint density at radius 1 is 1.07 bits per heavy atom. The number of likely N-dealkylation sites (tertiary alicyclic amines) is 1. The van der Waals surface area contributed by atoms with Crippen LogP contribution in [-0.2, 0) is 0 Å². The van der Waals surface area contributed by atoms with E-state index in [1.807, 2.05) is 0 Å². The van der Waals surface area contributed by atoms with E-state index in [-0.39, 0.29) is 0 Å². The average Bonchev–Trinajstić information content (AvgIpc) is 2.50. The minimum absolute atomic E-state index is 0.779. The Hall–Kier alpha value is -0.0800. The van der Waals surface area contributed by atoms with Gasteiger partial charge >= 0.3 is 0 Å². The number of hydrogen-bond donors (Lipinski definition) is 1. The van der Waals surface area contributed by atoms with Crippen LogP contribution in [0.4, 0.5) is 0 Å². The lowest BCUT2D eigenvalue weighted by Crippen LogP contribution is -2.43. The van der Waals surface area contributed by atoms with Gasteiger partial charge in [0.2, 0.25) is 0 Å². The first kappa shape index (κ1) is 11.4. The van der Waals surface area contributed by atoms with Crippen molar-refractivity contribution in [1.82, 2.24) is 10.2 Å². The van der Waals surface area contributed by atoms with E-state index < -0.39 is 0 Å². The number of nitrogens with zero attached hydrogens (tertiary/aromatic N) is 1. The highest BCUT2D eigenvalue weighted by molar-refractivity contribution is 4.77. The molecular weight excluding hydrogens is 184 g/mol. The fourth-order valence-corrected chi connectivity index (χ4v) is 2.81. The molecule has 2 saturated heterocycles. The van der Waals surface area contributed by atoms with Gasteiger partial charge in [-0.1, -0.05) is 19.8 Å². The van der Waals surface area contributed by atoms with Crippen LogP contribution in [0.25, 0.3) is 0 Å². The fraction of sp³-hybridized carbons (Fsp3) is 1.00. The van der Waals surface area contributed by atoms with Gasteiger partial charge < -0.3 is 10.2 Å². The Morgan fingerprint density at radius 2 is 1.87 bits per heavy atom. The third-order valence-corrected chi connectivity index (χ3v) is 4.02. The van der Waals surface area contributed by atoms with Crippen LogP contribution < -0.4 is 5.32 Å². The molecule has 0 aromatic rings. The summed E-state index contributed by atoms with van der Waals surface area (Å²) in [5.74, 6) is 0.961. The molecule has 0 unspecified atom stereocenters.